The van der Waals surface area contributed by atoms with Gasteiger partial charge in [0.25, 0.3) is 0 Å². The normalized spacial score (nSPS) is 29.4. The van der Waals surface area contributed by atoms with Gasteiger partial charge in [0.2, 0.25) is 0 Å². The van der Waals surface area contributed by atoms with E-state index in [9.17, 15) is 13.2 Å². The van der Waals surface area contributed by atoms with Crippen molar-refractivity contribution in [1.82, 2.24) is 0 Å². The first-order valence-corrected chi connectivity index (χ1v) is 8.19. The number of hydrogen-bond donors (Lipinski definition) is 0. The molecule has 0 heterocycles. The van der Waals surface area contributed by atoms with Gasteiger partial charge in [0.15, 0.2) is 0 Å². The topological polar surface area (TPSA) is 0 Å². The molecule has 1 saturated carbocycles. The molecule has 0 radical (unpaired) electrons. The number of alkyl halides is 3. The highest BCUT2D eigenvalue weighted by atomic mass is 19.4. The van der Waals surface area contributed by atoms with Crippen molar-refractivity contribution < 1.29 is 13.2 Å². The summed E-state index contributed by atoms with van der Waals surface area (Å²) in [4.78, 5) is 0. The lowest BCUT2D eigenvalue weighted by molar-refractivity contribution is -0.137. The summed E-state index contributed by atoms with van der Waals surface area (Å²) in [5.74, 6) is 1.22. The number of hydrogen-bond acceptors (Lipinski definition) is 0. The molecule has 3 heteroatoms. The molecule has 0 saturated heterocycles. The van der Waals surface area contributed by atoms with Crippen LogP contribution < -0.4 is 0 Å². The molecule has 1 fully saturated rings. The zero-order chi connectivity index (χ0) is 16.0. The predicted octanol–water partition coefficient (Wildman–Crippen LogP) is 5.90. The van der Waals surface area contributed by atoms with Crippen molar-refractivity contribution in [2.45, 2.75) is 57.0 Å². The minimum Gasteiger partial charge on any atom is -0.166 e. The van der Waals surface area contributed by atoms with Crippen LogP contribution in [0, 0.1) is 11.8 Å². The van der Waals surface area contributed by atoms with Crippen LogP contribution in [-0.4, -0.2) is 0 Å². The number of benzene rings is 1. The maximum Gasteiger partial charge on any atom is 0.416 e. The molecule has 0 aromatic heterocycles. The average molecular weight is 308 g/mol. The molecule has 22 heavy (non-hydrogen) atoms. The summed E-state index contributed by atoms with van der Waals surface area (Å²) < 4.78 is 38.6. The number of aryl methyl sites for hydroxylation is 1. The van der Waals surface area contributed by atoms with E-state index in [0.29, 0.717) is 11.8 Å². The Labute approximate surface area is 130 Å². The molecule has 2 aliphatic carbocycles. The van der Waals surface area contributed by atoms with E-state index < -0.39 is 11.7 Å². The Morgan fingerprint density at radius 2 is 1.91 bits per heavy atom. The highest BCUT2D eigenvalue weighted by Gasteiger charge is 2.43. The minimum atomic E-state index is -4.23. The van der Waals surface area contributed by atoms with Crippen LogP contribution in [-0.2, 0) is 18.0 Å². The standard InChI is InChI=1S/C19H23F3/c1-3-13(2)14-6-9-18(10-7-14)11-8-15-12-16(19(20,21)22)4-5-17(15)18/h3-5,12-14H,1,6-11H2,2H3. The zero-order valence-electron chi connectivity index (χ0n) is 13.0. The zero-order valence-corrected chi connectivity index (χ0v) is 13.0. The Morgan fingerprint density at radius 3 is 2.50 bits per heavy atom. The van der Waals surface area contributed by atoms with E-state index >= 15 is 0 Å². The van der Waals surface area contributed by atoms with Crippen molar-refractivity contribution in [2.24, 2.45) is 11.8 Å². The first-order chi connectivity index (χ1) is 10.4. The molecular formula is C19H23F3. The van der Waals surface area contributed by atoms with Crippen molar-refractivity contribution in [3.8, 4) is 0 Å². The van der Waals surface area contributed by atoms with Gasteiger partial charge in [0.05, 0.1) is 5.56 Å². The van der Waals surface area contributed by atoms with E-state index in [1.165, 1.54) is 17.7 Å². The molecule has 0 N–H and O–H groups in total. The van der Waals surface area contributed by atoms with Gasteiger partial charge in [0, 0.05) is 0 Å². The molecule has 0 nitrogen and oxygen atoms in total. The lowest BCUT2D eigenvalue weighted by Gasteiger charge is -2.39. The second kappa shape index (κ2) is 5.43. The SMILES string of the molecule is C=CC(C)C1CCC2(CCc3cc(C(F)(F)F)ccc32)CC1. The van der Waals surface area contributed by atoms with Crippen LogP contribution in [0.25, 0.3) is 0 Å². The third kappa shape index (κ3) is 2.59. The fourth-order valence-electron chi connectivity index (χ4n) is 4.43. The summed E-state index contributed by atoms with van der Waals surface area (Å²) in [6.07, 6.45) is 4.13. The number of allylic oxidation sites excluding steroid dienone is 1. The maximum atomic E-state index is 12.9. The molecule has 1 aromatic rings. The molecule has 1 unspecified atom stereocenters. The second-order valence-corrected chi connectivity index (χ2v) is 7.08. The molecule has 1 spiro atoms. The van der Waals surface area contributed by atoms with Crippen LogP contribution in [0.15, 0.2) is 30.9 Å². The smallest absolute Gasteiger partial charge is 0.166 e. The third-order valence-corrected chi connectivity index (χ3v) is 5.98. The molecule has 1 aromatic carbocycles. The minimum absolute atomic E-state index is 0.136. The van der Waals surface area contributed by atoms with Crippen LogP contribution in [0.3, 0.4) is 0 Å². The molecular weight excluding hydrogens is 285 g/mol. The molecule has 0 amide bonds. The molecule has 1 atom stereocenters. The molecule has 3 rings (SSSR count). The Balaban J connectivity index is 1.82. The average Bonchev–Trinajstić information content (AvgIpc) is 2.85. The van der Waals surface area contributed by atoms with E-state index in [1.807, 2.05) is 6.08 Å². The predicted molar refractivity (Wildman–Crippen MR) is 82.8 cm³/mol. The summed E-state index contributed by atoms with van der Waals surface area (Å²) in [7, 11) is 0. The Kier molecular flexibility index (Phi) is 3.86. The lowest BCUT2D eigenvalue weighted by Crippen LogP contribution is -2.31. The Bertz CT molecular complexity index is 563. The summed E-state index contributed by atoms with van der Waals surface area (Å²) in [6.45, 7) is 6.10. The van der Waals surface area contributed by atoms with Gasteiger partial charge in [-0.05, 0) is 79.0 Å². The number of fused-ring (bicyclic) bond motifs is 2. The molecule has 0 aliphatic heterocycles. The summed E-state index contributed by atoms with van der Waals surface area (Å²) >= 11 is 0. The Hall–Kier alpha value is -1.25. The van der Waals surface area contributed by atoms with Gasteiger partial charge < -0.3 is 0 Å². The summed E-state index contributed by atoms with van der Waals surface area (Å²) in [5, 5.41) is 0. The monoisotopic (exact) mass is 308 g/mol. The van der Waals surface area contributed by atoms with Crippen molar-refractivity contribution >= 4 is 0 Å². The summed E-state index contributed by atoms with van der Waals surface area (Å²) in [5.41, 5.74) is 1.74. The fourth-order valence-corrected chi connectivity index (χ4v) is 4.43. The quantitative estimate of drug-likeness (QED) is 0.596. The largest absolute Gasteiger partial charge is 0.416 e. The highest BCUT2D eigenvalue weighted by Crippen LogP contribution is 2.51. The molecule has 0 bridgehead atoms. The first-order valence-electron chi connectivity index (χ1n) is 8.19. The molecule has 2 aliphatic rings. The first kappa shape index (κ1) is 15.6. The van der Waals surface area contributed by atoms with E-state index in [1.54, 1.807) is 6.07 Å². The van der Waals surface area contributed by atoms with Crippen LogP contribution in [0.5, 0.6) is 0 Å². The lowest BCUT2D eigenvalue weighted by atomic mass is 9.65. The van der Waals surface area contributed by atoms with Crippen molar-refractivity contribution in [3.63, 3.8) is 0 Å². The van der Waals surface area contributed by atoms with Gasteiger partial charge in [-0.3, -0.25) is 0 Å². The highest BCUT2D eigenvalue weighted by molar-refractivity contribution is 5.43. The number of halogens is 3. The van der Waals surface area contributed by atoms with Gasteiger partial charge in [0.1, 0.15) is 0 Å². The van der Waals surface area contributed by atoms with Crippen LogP contribution in [0.2, 0.25) is 0 Å². The van der Waals surface area contributed by atoms with E-state index in [4.69, 9.17) is 0 Å². The van der Waals surface area contributed by atoms with Gasteiger partial charge in [-0.15, -0.1) is 6.58 Å². The third-order valence-electron chi connectivity index (χ3n) is 5.98. The van der Waals surface area contributed by atoms with Crippen LogP contribution >= 0.6 is 0 Å². The van der Waals surface area contributed by atoms with Gasteiger partial charge in [-0.25, -0.2) is 0 Å². The van der Waals surface area contributed by atoms with Gasteiger partial charge >= 0.3 is 6.18 Å². The van der Waals surface area contributed by atoms with Crippen molar-refractivity contribution in [2.75, 3.05) is 0 Å². The number of rotatable bonds is 2. The van der Waals surface area contributed by atoms with Crippen LogP contribution in [0.4, 0.5) is 13.2 Å². The van der Waals surface area contributed by atoms with E-state index in [0.717, 1.165) is 44.1 Å². The van der Waals surface area contributed by atoms with Gasteiger partial charge in [-0.1, -0.05) is 19.1 Å². The second-order valence-electron chi connectivity index (χ2n) is 7.08. The van der Waals surface area contributed by atoms with E-state index in [2.05, 4.69) is 13.5 Å². The van der Waals surface area contributed by atoms with Crippen molar-refractivity contribution in [1.29, 1.82) is 0 Å². The Morgan fingerprint density at radius 1 is 1.23 bits per heavy atom. The fraction of sp³-hybridized carbons (Fsp3) is 0.579. The van der Waals surface area contributed by atoms with Gasteiger partial charge in [-0.2, -0.15) is 13.2 Å². The molecule has 120 valence electrons. The van der Waals surface area contributed by atoms with Crippen LogP contribution in [0.1, 0.15) is 55.7 Å². The summed E-state index contributed by atoms with van der Waals surface area (Å²) in [6, 6.07) is 4.40. The van der Waals surface area contributed by atoms with Crippen molar-refractivity contribution in [3.05, 3.63) is 47.5 Å². The van der Waals surface area contributed by atoms with E-state index in [-0.39, 0.29) is 5.41 Å². The maximum absolute atomic E-state index is 12.9.